The minimum absolute atomic E-state index is 0.113. The van der Waals surface area contributed by atoms with E-state index in [2.05, 4.69) is 32.3 Å². The van der Waals surface area contributed by atoms with Crippen LogP contribution in [-0.4, -0.2) is 58.1 Å². The number of nitrogens with one attached hydrogen (secondary N) is 2. The average Bonchev–Trinajstić information content (AvgIpc) is 3.41. The number of pyridine rings is 1. The molecule has 34 heavy (non-hydrogen) atoms. The van der Waals surface area contributed by atoms with Crippen molar-refractivity contribution >= 4 is 18.3 Å². The lowest BCUT2D eigenvalue weighted by Crippen LogP contribution is -2.46. The van der Waals surface area contributed by atoms with E-state index < -0.39 is 12.1 Å². The van der Waals surface area contributed by atoms with Crippen LogP contribution >= 0.6 is 0 Å². The lowest BCUT2D eigenvalue weighted by atomic mass is 10.1. The summed E-state index contributed by atoms with van der Waals surface area (Å²) in [5.74, 6) is 6.99. The van der Waals surface area contributed by atoms with E-state index in [1.807, 2.05) is 11.4 Å². The monoisotopic (exact) mass is 460 g/mol. The van der Waals surface area contributed by atoms with Gasteiger partial charge in [-0.1, -0.05) is 17.9 Å². The molecule has 0 unspecified atom stereocenters. The maximum Gasteiger partial charge on any atom is 0.322 e. The lowest BCUT2D eigenvalue weighted by Gasteiger charge is -2.21. The highest BCUT2D eigenvalue weighted by Crippen LogP contribution is 2.26. The van der Waals surface area contributed by atoms with Crippen LogP contribution in [0.4, 0.5) is 4.79 Å². The average molecular weight is 460 g/mol. The first-order valence-corrected chi connectivity index (χ1v) is 10.2. The summed E-state index contributed by atoms with van der Waals surface area (Å²) >= 11 is 0. The van der Waals surface area contributed by atoms with E-state index in [1.165, 1.54) is 13.3 Å². The molecule has 0 radical (unpaired) electrons. The number of imide groups is 1. The molecule has 11 nitrogen and oxygen atoms in total. The zero-order chi connectivity index (χ0) is 24.1. The highest BCUT2D eigenvalue weighted by Gasteiger charge is 2.29. The van der Waals surface area contributed by atoms with Crippen molar-refractivity contribution in [3.63, 3.8) is 0 Å². The van der Waals surface area contributed by atoms with Gasteiger partial charge in [-0.2, -0.15) is 0 Å². The molecule has 0 aliphatic carbocycles. The number of methoxy groups -OCH3 is 1. The van der Waals surface area contributed by atoms with E-state index in [-0.39, 0.29) is 18.9 Å². The predicted molar refractivity (Wildman–Crippen MR) is 118 cm³/mol. The number of fused-ring (bicyclic) bond motifs is 1. The Kier molecular flexibility index (Phi) is 6.49. The van der Waals surface area contributed by atoms with Crippen molar-refractivity contribution < 1.29 is 23.5 Å². The Hall–Kier alpha value is -4.72. The molecular formula is C23H20N6O5. The summed E-state index contributed by atoms with van der Waals surface area (Å²) in [6.45, 7) is 2.17. The number of benzene rings is 1. The smallest absolute Gasteiger partial charge is 0.322 e. The summed E-state index contributed by atoms with van der Waals surface area (Å²) < 4.78 is 10.5. The van der Waals surface area contributed by atoms with Crippen LogP contribution in [-0.2, 0) is 11.3 Å². The molecule has 2 aromatic heterocycles. The Morgan fingerprint density at radius 1 is 1.32 bits per heavy atom. The fourth-order valence-electron chi connectivity index (χ4n) is 3.38. The summed E-state index contributed by atoms with van der Waals surface area (Å²) in [6, 6.07) is 7.24. The minimum atomic E-state index is -0.752. The molecule has 0 bridgehead atoms. The minimum Gasteiger partial charge on any atom is -0.497 e. The highest BCUT2D eigenvalue weighted by molar-refractivity contribution is 5.98. The number of hydrogen-bond acceptors (Lipinski definition) is 8. The van der Waals surface area contributed by atoms with Gasteiger partial charge in [-0.05, 0) is 29.8 Å². The largest absolute Gasteiger partial charge is 0.497 e. The van der Waals surface area contributed by atoms with Crippen molar-refractivity contribution in [1.29, 1.82) is 0 Å². The molecule has 1 aromatic carbocycles. The van der Waals surface area contributed by atoms with E-state index in [0.29, 0.717) is 40.9 Å². The van der Waals surface area contributed by atoms with Crippen molar-refractivity contribution in [3.05, 3.63) is 59.1 Å². The molecule has 0 saturated heterocycles. The number of carbonyl (C=O) groups excluding carboxylic acids is 3. The van der Waals surface area contributed by atoms with Crippen molar-refractivity contribution in [2.24, 2.45) is 0 Å². The first-order valence-electron chi connectivity index (χ1n) is 10.2. The normalized spacial score (nSPS) is 12.9. The van der Waals surface area contributed by atoms with Crippen LogP contribution in [0.15, 0.2) is 40.9 Å². The molecule has 2 N–H and O–H groups in total. The number of hydrogen-bond donors (Lipinski definition) is 2. The van der Waals surface area contributed by atoms with Gasteiger partial charge in [0.25, 0.3) is 11.8 Å². The summed E-state index contributed by atoms with van der Waals surface area (Å²) in [6.07, 6.45) is 1.80. The van der Waals surface area contributed by atoms with Crippen LogP contribution in [0.25, 0.3) is 11.6 Å². The molecule has 1 aliphatic rings. The Morgan fingerprint density at radius 3 is 2.85 bits per heavy atom. The topological polar surface area (TPSA) is 140 Å². The number of carbonyl (C=O) groups is 3. The Balaban J connectivity index is 1.51. The molecule has 3 aromatic rings. The van der Waals surface area contributed by atoms with Gasteiger partial charge in [-0.25, -0.2) is 9.78 Å². The van der Waals surface area contributed by atoms with E-state index in [0.717, 1.165) is 5.56 Å². The molecule has 0 fully saturated rings. The van der Waals surface area contributed by atoms with E-state index in [4.69, 9.17) is 9.15 Å². The molecule has 1 atom stereocenters. The summed E-state index contributed by atoms with van der Waals surface area (Å²) in [5.41, 5.74) is 2.47. The van der Waals surface area contributed by atoms with Gasteiger partial charge in [0, 0.05) is 30.8 Å². The SMILES string of the molecule is COc1ccc2c(c1)C(=O)N(C[C@@H](C#Cc1ccc(-c3nnc(C)o3)nc1)NC(=O)NC=O)C2. The van der Waals surface area contributed by atoms with Crippen molar-refractivity contribution in [3.8, 4) is 29.2 Å². The third-order valence-electron chi connectivity index (χ3n) is 4.99. The van der Waals surface area contributed by atoms with Crippen LogP contribution < -0.4 is 15.4 Å². The molecule has 172 valence electrons. The van der Waals surface area contributed by atoms with Gasteiger partial charge in [0.2, 0.25) is 12.3 Å². The number of rotatable bonds is 6. The molecule has 3 heterocycles. The number of urea groups is 1. The van der Waals surface area contributed by atoms with Gasteiger partial charge in [0.05, 0.1) is 13.7 Å². The van der Waals surface area contributed by atoms with Gasteiger partial charge in [0.15, 0.2) is 0 Å². The van der Waals surface area contributed by atoms with Gasteiger partial charge in [-0.15, -0.1) is 10.2 Å². The third-order valence-corrected chi connectivity index (χ3v) is 4.99. The fourth-order valence-corrected chi connectivity index (χ4v) is 3.38. The van der Waals surface area contributed by atoms with Gasteiger partial charge in [-0.3, -0.25) is 14.9 Å². The second kappa shape index (κ2) is 9.83. The van der Waals surface area contributed by atoms with Crippen LogP contribution in [0, 0.1) is 18.8 Å². The quantitative estimate of drug-likeness (QED) is 0.414. The molecule has 11 heteroatoms. The summed E-state index contributed by atoms with van der Waals surface area (Å²) in [4.78, 5) is 41.3. The number of aromatic nitrogens is 3. The van der Waals surface area contributed by atoms with Crippen LogP contribution in [0.3, 0.4) is 0 Å². The highest BCUT2D eigenvalue weighted by atomic mass is 16.5. The van der Waals surface area contributed by atoms with Crippen molar-refractivity contribution in [2.45, 2.75) is 19.5 Å². The second-order valence-corrected chi connectivity index (χ2v) is 7.32. The zero-order valence-corrected chi connectivity index (χ0v) is 18.4. The van der Waals surface area contributed by atoms with Crippen molar-refractivity contribution in [1.82, 2.24) is 30.7 Å². The van der Waals surface area contributed by atoms with Crippen molar-refractivity contribution in [2.75, 3.05) is 13.7 Å². The summed E-state index contributed by atoms with van der Waals surface area (Å²) in [7, 11) is 1.53. The molecule has 0 saturated carbocycles. The van der Waals surface area contributed by atoms with Gasteiger partial charge >= 0.3 is 6.03 Å². The Labute approximate surface area is 194 Å². The van der Waals surface area contributed by atoms with Gasteiger partial charge in [0.1, 0.15) is 17.5 Å². The first-order chi connectivity index (χ1) is 16.5. The second-order valence-electron chi connectivity index (χ2n) is 7.32. The Morgan fingerprint density at radius 2 is 2.18 bits per heavy atom. The van der Waals surface area contributed by atoms with Crippen LogP contribution in [0.1, 0.15) is 27.4 Å². The van der Waals surface area contributed by atoms with Crippen LogP contribution in [0.5, 0.6) is 5.75 Å². The molecular weight excluding hydrogens is 440 g/mol. The first kappa shape index (κ1) is 22.5. The molecule has 1 aliphatic heterocycles. The van der Waals surface area contributed by atoms with Crippen LogP contribution in [0.2, 0.25) is 0 Å². The number of aryl methyl sites for hydroxylation is 1. The third kappa shape index (κ3) is 5.02. The molecule has 4 rings (SSSR count). The number of amides is 4. The molecule has 0 spiro atoms. The number of nitrogens with zero attached hydrogens (tertiary/aromatic N) is 4. The zero-order valence-electron chi connectivity index (χ0n) is 18.4. The fraction of sp³-hybridized carbons (Fsp3) is 0.217. The maximum absolute atomic E-state index is 12.9. The number of ether oxygens (including phenoxy) is 1. The Bertz CT molecular complexity index is 1290. The predicted octanol–water partition coefficient (Wildman–Crippen LogP) is 1.28. The van der Waals surface area contributed by atoms with E-state index in [9.17, 15) is 14.4 Å². The summed E-state index contributed by atoms with van der Waals surface area (Å²) in [5, 5.41) is 12.3. The lowest BCUT2D eigenvalue weighted by molar-refractivity contribution is -0.108. The maximum atomic E-state index is 12.9. The van der Waals surface area contributed by atoms with Gasteiger partial charge < -0.3 is 19.4 Å². The van der Waals surface area contributed by atoms with E-state index in [1.54, 1.807) is 36.1 Å². The van der Waals surface area contributed by atoms with E-state index >= 15 is 0 Å². The molecule has 4 amide bonds. The standard InChI is InChI=1S/C23H20N6O5/c1-14-27-28-21(34-14)20-8-4-15(10-24-20)3-6-17(26-23(32)25-13-30)12-29-11-16-5-7-18(33-2)9-19(16)22(29)31/h4-5,7-10,13,17H,11-12H2,1-2H3,(H2,25,26,30,32)/t17-/m1/s1.